The Bertz CT molecular complexity index is 442. The van der Waals surface area contributed by atoms with Gasteiger partial charge in [0.2, 0.25) is 0 Å². The fourth-order valence-electron chi connectivity index (χ4n) is 2.43. The summed E-state index contributed by atoms with van der Waals surface area (Å²) in [6.07, 6.45) is 0.880. The maximum atomic E-state index is 12.4. The number of benzene rings is 1. The van der Waals surface area contributed by atoms with Crippen molar-refractivity contribution in [3.05, 3.63) is 35.4 Å². The largest absolute Gasteiger partial charge is 0.338 e. The summed E-state index contributed by atoms with van der Waals surface area (Å²) in [4.78, 5) is 14.3. The predicted octanol–water partition coefficient (Wildman–Crippen LogP) is 2.62. The number of halogens is 1. The molecule has 2 rings (SSSR count). The summed E-state index contributed by atoms with van der Waals surface area (Å²) < 4.78 is 0. The summed E-state index contributed by atoms with van der Waals surface area (Å²) in [7, 11) is 0. The highest BCUT2D eigenvalue weighted by Crippen LogP contribution is 2.28. The molecule has 1 unspecified atom stereocenters. The third-order valence-corrected chi connectivity index (χ3v) is 3.90. The van der Waals surface area contributed by atoms with Crippen LogP contribution in [0.4, 0.5) is 0 Å². The Kier molecular flexibility index (Phi) is 4.99. The second-order valence-electron chi connectivity index (χ2n) is 5.98. The maximum absolute atomic E-state index is 12.4. The molecule has 1 aromatic rings. The standard InChI is InChI=1S/C15H22N2O.ClH/c1-11-4-6-12(7-5-11)14(18)17-9-8-13(16)15(2,3)10-17;/h4-7,13H,8-10,16H2,1-3H3;1H. The van der Waals surface area contributed by atoms with Gasteiger partial charge in [0.1, 0.15) is 0 Å². The molecule has 19 heavy (non-hydrogen) atoms. The van der Waals surface area contributed by atoms with E-state index in [0.29, 0.717) is 0 Å². The van der Waals surface area contributed by atoms with Crippen LogP contribution >= 0.6 is 12.4 Å². The molecule has 1 atom stereocenters. The first-order chi connectivity index (χ1) is 8.40. The molecule has 1 fully saturated rings. The lowest BCUT2D eigenvalue weighted by atomic mass is 9.79. The molecule has 2 N–H and O–H groups in total. The summed E-state index contributed by atoms with van der Waals surface area (Å²) in [6.45, 7) is 7.79. The molecule has 1 aliphatic rings. The highest BCUT2D eigenvalue weighted by Gasteiger charge is 2.35. The lowest BCUT2D eigenvalue weighted by molar-refractivity contribution is 0.0533. The fraction of sp³-hybridized carbons (Fsp3) is 0.533. The van der Waals surface area contributed by atoms with Crippen LogP contribution in [0, 0.1) is 12.3 Å². The first-order valence-corrected chi connectivity index (χ1v) is 6.52. The van der Waals surface area contributed by atoms with E-state index in [-0.39, 0.29) is 29.8 Å². The number of amides is 1. The topological polar surface area (TPSA) is 46.3 Å². The molecule has 0 radical (unpaired) electrons. The lowest BCUT2D eigenvalue weighted by Gasteiger charge is -2.42. The van der Waals surface area contributed by atoms with Crippen molar-refractivity contribution in [2.45, 2.75) is 33.2 Å². The van der Waals surface area contributed by atoms with Gasteiger partial charge in [0, 0.05) is 24.7 Å². The van der Waals surface area contributed by atoms with Gasteiger partial charge >= 0.3 is 0 Å². The van der Waals surface area contributed by atoms with Gasteiger partial charge in [-0.1, -0.05) is 31.5 Å². The number of nitrogens with two attached hydrogens (primary N) is 1. The fourth-order valence-corrected chi connectivity index (χ4v) is 2.43. The zero-order chi connectivity index (χ0) is 13.3. The normalized spacial score (nSPS) is 21.7. The molecule has 0 bridgehead atoms. The zero-order valence-corrected chi connectivity index (χ0v) is 12.7. The number of aryl methyl sites for hydroxylation is 1. The first-order valence-electron chi connectivity index (χ1n) is 6.52. The average Bonchev–Trinajstić information content (AvgIpc) is 2.33. The van der Waals surface area contributed by atoms with Crippen molar-refractivity contribution < 1.29 is 4.79 Å². The number of rotatable bonds is 1. The van der Waals surface area contributed by atoms with E-state index in [4.69, 9.17) is 5.73 Å². The van der Waals surface area contributed by atoms with Crippen molar-refractivity contribution >= 4 is 18.3 Å². The van der Waals surface area contributed by atoms with Crippen LogP contribution in [0.1, 0.15) is 36.2 Å². The van der Waals surface area contributed by atoms with Gasteiger partial charge in [0.15, 0.2) is 0 Å². The minimum atomic E-state index is -0.00138. The third kappa shape index (κ3) is 3.48. The molecule has 0 aliphatic carbocycles. The predicted molar refractivity (Wildman–Crippen MR) is 80.7 cm³/mol. The minimum absolute atomic E-state index is 0. The van der Waals surface area contributed by atoms with E-state index in [9.17, 15) is 4.79 Å². The van der Waals surface area contributed by atoms with Gasteiger partial charge < -0.3 is 10.6 Å². The van der Waals surface area contributed by atoms with Gasteiger partial charge in [-0.2, -0.15) is 0 Å². The average molecular weight is 283 g/mol. The molecule has 106 valence electrons. The molecule has 0 saturated carbocycles. The van der Waals surface area contributed by atoms with Crippen LogP contribution in [0.2, 0.25) is 0 Å². The van der Waals surface area contributed by atoms with Crippen molar-refractivity contribution in [2.75, 3.05) is 13.1 Å². The third-order valence-electron chi connectivity index (χ3n) is 3.90. The van der Waals surface area contributed by atoms with Crippen molar-refractivity contribution in [2.24, 2.45) is 11.1 Å². The van der Waals surface area contributed by atoms with Crippen LogP contribution in [0.15, 0.2) is 24.3 Å². The Labute approximate surface area is 121 Å². The van der Waals surface area contributed by atoms with Gasteiger partial charge in [-0.25, -0.2) is 0 Å². The van der Waals surface area contributed by atoms with E-state index in [1.54, 1.807) is 0 Å². The molecule has 1 saturated heterocycles. The molecule has 1 amide bonds. The Balaban J connectivity index is 0.00000180. The van der Waals surface area contributed by atoms with Gasteiger partial charge in [0.05, 0.1) is 0 Å². The molecule has 3 nitrogen and oxygen atoms in total. The van der Waals surface area contributed by atoms with Crippen LogP contribution in [0.25, 0.3) is 0 Å². The van der Waals surface area contributed by atoms with Crippen LogP contribution in [0.5, 0.6) is 0 Å². The number of carbonyl (C=O) groups excluding carboxylic acids is 1. The molecule has 1 aliphatic heterocycles. The number of nitrogens with zero attached hydrogens (tertiary/aromatic N) is 1. The molecule has 4 heteroatoms. The second-order valence-corrected chi connectivity index (χ2v) is 5.98. The zero-order valence-electron chi connectivity index (χ0n) is 11.8. The summed E-state index contributed by atoms with van der Waals surface area (Å²) in [5.41, 5.74) is 8.04. The van der Waals surface area contributed by atoms with Gasteiger partial charge in [-0.3, -0.25) is 4.79 Å². The monoisotopic (exact) mass is 282 g/mol. The quantitative estimate of drug-likeness (QED) is 0.861. The Morgan fingerprint density at radius 1 is 1.32 bits per heavy atom. The number of hydrogen-bond donors (Lipinski definition) is 1. The highest BCUT2D eigenvalue weighted by atomic mass is 35.5. The van der Waals surface area contributed by atoms with Gasteiger partial charge in [-0.15, -0.1) is 12.4 Å². The molecular weight excluding hydrogens is 260 g/mol. The van der Waals surface area contributed by atoms with E-state index >= 15 is 0 Å². The second kappa shape index (κ2) is 5.93. The summed E-state index contributed by atoms with van der Waals surface area (Å²) in [6, 6.07) is 7.94. The van der Waals surface area contributed by atoms with Crippen LogP contribution in [-0.4, -0.2) is 29.9 Å². The van der Waals surface area contributed by atoms with Crippen LogP contribution < -0.4 is 5.73 Å². The van der Waals surface area contributed by atoms with E-state index in [0.717, 1.165) is 25.1 Å². The molecular formula is C15H23ClN2O. The Morgan fingerprint density at radius 3 is 2.42 bits per heavy atom. The number of hydrogen-bond acceptors (Lipinski definition) is 2. The van der Waals surface area contributed by atoms with E-state index in [1.807, 2.05) is 36.1 Å². The summed E-state index contributed by atoms with van der Waals surface area (Å²) in [5.74, 6) is 0.120. The van der Waals surface area contributed by atoms with Crippen molar-refractivity contribution in [1.29, 1.82) is 0 Å². The van der Waals surface area contributed by atoms with E-state index in [1.165, 1.54) is 5.56 Å². The highest BCUT2D eigenvalue weighted by molar-refractivity contribution is 5.94. The SMILES string of the molecule is Cc1ccc(C(=O)N2CCC(N)C(C)(C)C2)cc1.Cl. The number of carbonyl (C=O) groups is 1. The molecule has 0 aromatic heterocycles. The minimum Gasteiger partial charge on any atom is -0.338 e. The lowest BCUT2D eigenvalue weighted by Crippen LogP contribution is -2.53. The Morgan fingerprint density at radius 2 is 1.89 bits per heavy atom. The summed E-state index contributed by atoms with van der Waals surface area (Å²) in [5, 5.41) is 0. The van der Waals surface area contributed by atoms with E-state index in [2.05, 4.69) is 13.8 Å². The molecule has 1 aromatic carbocycles. The molecule has 1 heterocycles. The van der Waals surface area contributed by atoms with Gasteiger partial charge in [0.25, 0.3) is 5.91 Å². The molecule has 0 spiro atoms. The van der Waals surface area contributed by atoms with Crippen molar-refractivity contribution in [3.8, 4) is 0 Å². The summed E-state index contributed by atoms with van der Waals surface area (Å²) >= 11 is 0. The first kappa shape index (κ1) is 16.0. The van der Waals surface area contributed by atoms with Crippen LogP contribution in [0.3, 0.4) is 0 Å². The smallest absolute Gasteiger partial charge is 0.253 e. The van der Waals surface area contributed by atoms with Crippen LogP contribution in [-0.2, 0) is 0 Å². The Hall–Kier alpha value is -1.06. The number of piperidine rings is 1. The number of likely N-dealkylation sites (tertiary alicyclic amines) is 1. The van der Waals surface area contributed by atoms with Crippen molar-refractivity contribution in [1.82, 2.24) is 4.90 Å². The van der Waals surface area contributed by atoms with Gasteiger partial charge in [-0.05, 0) is 30.9 Å². The maximum Gasteiger partial charge on any atom is 0.253 e. The van der Waals surface area contributed by atoms with Crippen molar-refractivity contribution in [3.63, 3.8) is 0 Å². The van der Waals surface area contributed by atoms with E-state index < -0.39 is 0 Å².